The molecule has 0 bridgehead atoms. The van der Waals surface area contributed by atoms with Crippen molar-refractivity contribution in [2.75, 3.05) is 5.75 Å². The van der Waals surface area contributed by atoms with E-state index in [1.807, 2.05) is 13.0 Å². The van der Waals surface area contributed by atoms with Crippen LogP contribution in [-0.2, 0) is 19.3 Å². The summed E-state index contributed by atoms with van der Waals surface area (Å²) in [5.74, 6) is 1.40. The Labute approximate surface area is 128 Å². The van der Waals surface area contributed by atoms with Gasteiger partial charge < -0.3 is 0 Å². The average molecular weight is 301 g/mol. The van der Waals surface area contributed by atoms with Gasteiger partial charge in [0.1, 0.15) is 5.82 Å². The zero-order chi connectivity index (χ0) is 14.7. The van der Waals surface area contributed by atoms with Crippen LogP contribution in [0.5, 0.6) is 0 Å². The Morgan fingerprint density at radius 1 is 1.29 bits per heavy atom. The molecule has 0 amide bonds. The van der Waals surface area contributed by atoms with Crippen molar-refractivity contribution >= 4 is 17.5 Å². The summed E-state index contributed by atoms with van der Waals surface area (Å²) in [4.78, 5) is 16.6. The van der Waals surface area contributed by atoms with Crippen molar-refractivity contribution in [2.45, 2.75) is 44.2 Å². The molecule has 1 aliphatic rings. The molecule has 0 atom stereocenters. The van der Waals surface area contributed by atoms with Crippen molar-refractivity contribution in [3.05, 3.63) is 40.7 Å². The highest BCUT2D eigenvalue weighted by Gasteiger charge is 2.14. The quantitative estimate of drug-likeness (QED) is 0.680. The summed E-state index contributed by atoms with van der Waals surface area (Å²) in [6.07, 6.45) is 5.57. The molecule has 0 fully saturated rings. The molecule has 1 heterocycles. The lowest BCUT2D eigenvalue weighted by atomic mass is 9.90. The molecule has 1 aromatic heterocycles. The number of carbonyl (C=O) groups is 1. The molecule has 5 heteroatoms. The van der Waals surface area contributed by atoms with E-state index >= 15 is 0 Å². The Hall–Kier alpha value is -1.62. The highest BCUT2D eigenvalue weighted by atomic mass is 32.2. The smallest absolute Gasteiger partial charge is 0.208 e. The third-order valence-corrected chi connectivity index (χ3v) is 4.70. The maximum Gasteiger partial charge on any atom is 0.208 e. The molecular weight excluding hydrogens is 282 g/mol. The van der Waals surface area contributed by atoms with E-state index in [0.29, 0.717) is 10.9 Å². The zero-order valence-electron chi connectivity index (χ0n) is 12.2. The number of aryl methyl sites for hydroxylation is 3. The first kappa shape index (κ1) is 14.3. The number of ketones is 1. The molecule has 1 aliphatic carbocycles. The Kier molecular flexibility index (Phi) is 4.39. The zero-order valence-corrected chi connectivity index (χ0v) is 13.0. The van der Waals surface area contributed by atoms with Gasteiger partial charge in [0.25, 0.3) is 0 Å². The van der Waals surface area contributed by atoms with Crippen molar-refractivity contribution in [2.24, 2.45) is 0 Å². The summed E-state index contributed by atoms with van der Waals surface area (Å²) in [6.45, 7) is 2.02. The number of Topliss-reactive ketones (excluding diaryl/α,β-unsaturated/α-hetero) is 1. The summed E-state index contributed by atoms with van der Waals surface area (Å²) in [5, 5.41) is 7.62. The average Bonchev–Trinajstić information content (AvgIpc) is 3.00. The molecular formula is C16H19N3OS. The third-order valence-electron chi connectivity index (χ3n) is 3.85. The van der Waals surface area contributed by atoms with Crippen LogP contribution in [0.1, 0.15) is 47.1 Å². The van der Waals surface area contributed by atoms with Gasteiger partial charge in [0.05, 0.1) is 5.75 Å². The molecule has 4 nitrogen and oxygen atoms in total. The highest BCUT2D eigenvalue weighted by molar-refractivity contribution is 7.99. The van der Waals surface area contributed by atoms with Crippen LogP contribution in [0, 0.1) is 0 Å². The first-order valence-corrected chi connectivity index (χ1v) is 8.44. The number of nitrogens with one attached hydrogen (secondary N) is 1. The number of fused-ring (bicyclic) bond motifs is 1. The number of thioether (sulfide) groups is 1. The van der Waals surface area contributed by atoms with Gasteiger partial charge in [-0.1, -0.05) is 30.8 Å². The van der Waals surface area contributed by atoms with Crippen LogP contribution < -0.4 is 0 Å². The highest BCUT2D eigenvalue weighted by Crippen LogP contribution is 2.23. The molecule has 21 heavy (non-hydrogen) atoms. The van der Waals surface area contributed by atoms with Gasteiger partial charge in [0, 0.05) is 12.0 Å². The predicted octanol–water partition coefficient (Wildman–Crippen LogP) is 3.22. The van der Waals surface area contributed by atoms with Gasteiger partial charge in [-0.25, -0.2) is 4.98 Å². The second-order valence-electron chi connectivity index (χ2n) is 5.32. The first-order valence-electron chi connectivity index (χ1n) is 7.45. The molecule has 0 saturated carbocycles. The monoisotopic (exact) mass is 301 g/mol. The number of benzene rings is 1. The van der Waals surface area contributed by atoms with Crippen molar-refractivity contribution in [1.29, 1.82) is 0 Å². The number of H-pyrrole nitrogens is 1. The van der Waals surface area contributed by atoms with E-state index in [1.54, 1.807) is 0 Å². The fourth-order valence-electron chi connectivity index (χ4n) is 2.62. The topological polar surface area (TPSA) is 58.6 Å². The van der Waals surface area contributed by atoms with E-state index in [-0.39, 0.29) is 5.78 Å². The normalized spacial score (nSPS) is 14.0. The van der Waals surface area contributed by atoms with Gasteiger partial charge in [-0.2, -0.15) is 0 Å². The fourth-order valence-corrected chi connectivity index (χ4v) is 3.33. The number of rotatable bonds is 5. The number of aromatic amines is 1. The third kappa shape index (κ3) is 3.35. The minimum atomic E-state index is 0.149. The molecule has 3 rings (SSSR count). The van der Waals surface area contributed by atoms with Gasteiger partial charge in [-0.3, -0.25) is 9.89 Å². The van der Waals surface area contributed by atoms with E-state index in [4.69, 9.17) is 0 Å². The number of aromatic nitrogens is 3. The summed E-state index contributed by atoms with van der Waals surface area (Å²) < 4.78 is 0. The minimum Gasteiger partial charge on any atom is -0.293 e. The van der Waals surface area contributed by atoms with Crippen molar-refractivity contribution in [3.63, 3.8) is 0 Å². The van der Waals surface area contributed by atoms with Crippen LogP contribution in [0.15, 0.2) is 23.4 Å². The summed E-state index contributed by atoms with van der Waals surface area (Å²) >= 11 is 1.39. The van der Waals surface area contributed by atoms with E-state index in [9.17, 15) is 4.79 Å². The number of carbonyl (C=O) groups excluding carboxylic acids is 1. The van der Waals surface area contributed by atoms with Crippen LogP contribution in [0.25, 0.3) is 0 Å². The Bertz CT molecular complexity index is 651. The van der Waals surface area contributed by atoms with Crippen molar-refractivity contribution in [3.8, 4) is 0 Å². The largest absolute Gasteiger partial charge is 0.293 e. The molecule has 0 saturated heterocycles. The van der Waals surface area contributed by atoms with Gasteiger partial charge >= 0.3 is 0 Å². The van der Waals surface area contributed by atoms with Crippen LogP contribution in [0.2, 0.25) is 0 Å². The summed E-state index contributed by atoms with van der Waals surface area (Å²) in [5.41, 5.74) is 3.57. The summed E-state index contributed by atoms with van der Waals surface area (Å²) in [7, 11) is 0. The second-order valence-corrected chi connectivity index (χ2v) is 6.26. The molecule has 0 radical (unpaired) electrons. The molecule has 0 spiro atoms. The molecule has 0 unspecified atom stereocenters. The number of nitrogens with zero attached hydrogens (tertiary/aromatic N) is 2. The van der Waals surface area contributed by atoms with Crippen molar-refractivity contribution in [1.82, 2.24) is 15.2 Å². The van der Waals surface area contributed by atoms with Crippen LogP contribution >= 0.6 is 11.8 Å². The molecule has 1 aromatic carbocycles. The van der Waals surface area contributed by atoms with Crippen LogP contribution in [-0.4, -0.2) is 26.7 Å². The maximum absolute atomic E-state index is 12.3. The SMILES string of the molecule is CCc1nc(SCC(=O)c2ccc3c(c2)CCCC3)n[nH]1. The lowest BCUT2D eigenvalue weighted by Crippen LogP contribution is -2.07. The lowest BCUT2D eigenvalue weighted by Gasteiger charge is -2.16. The Morgan fingerprint density at radius 2 is 2.10 bits per heavy atom. The number of hydrogen-bond acceptors (Lipinski definition) is 4. The van der Waals surface area contributed by atoms with Crippen molar-refractivity contribution < 1.29 is 4.79 Å². The van der Waals surface area contributed by atoms with Crippen LogP contribution in [0.3, 0.4) is 0 Å². The maximum atomic E-state index is 12.3. The number of hydrogen-bond donors (Lipinski definition) is 1. The first-order chi connectivity index (χ1) is 10.3. The Morgan fingerprint density at radius 3 is 2.86 bits per heavy atom. The van der Waals surface area contributed by atoms with E-state index in [2.05, 4.69) is 27.3 Å². The van der Waals surface area contributed by atoms with E-state index in [1.165, 1.54) is 35.7 Å². The van der Waals surface area contributed by atoms with Gasteiger partial charge in [0.2, 0.25) is 5.16 Å². The van der Waals surface area contributed by atoms with Gasteiger partial charge in [-0.05, 0) is 42.9 Å². The Balaban J connectivity index is 1.65. The fraction of sp³-hybridized carbons (Fsp3) is 0.438. The van der Waals surface area contributed by atoms with E-state index in [0.717, 1.165) is 30.7 Å². The van der Waals surface area contributed by atoms with Crippen LogP contribution in [0.4, 0.5) is 0 Å². The van der Waals surface area contributed by atoms with Gasteiger partial charge in [0.15, 0.2) is 5.78 Å². The molecule has 2 aromatic rings. The molecule has 0 aliphatic heterocycles. The lowest BCUT2D eigenvalue weighted by molar-refractivity contribution is 0.102. The molecule has 1 N–H and O–H groups in total. The standard InChI is InChI=1S/C16H19N3OS/c1-2-15-17-16(19-18-15)21-10-14(20)13-8-7-11-5-3-4-6-12(11)9-13/h7-9H,2-6,10H2,1H3,(H,17,18,19). The predicted molar refractivity (Wildman–Crippen MR) is 83.9 cm³/mol. The minimum absolute atomic E-state index is 0.149. The van der Waals surface area contributed by atoms with E-state index < -0.39 is 0 Å². The second kappa shape index (κ2) is 6.43. The summed E-state index contributed by atoms with van der Waals surface area (Å²) in [6, 6.07) is 6.16. The molecule has 110 valence electrons. The van der Waals surface area contributed by atoms with Gasteiger partial charge in [-0.15, -0.1) is 5.10 Å².